The lowest BCUT2D eigenvalue weighted by Gasteiger charge is -2.41. The molecule has 0 spiro atoms. The smallest absolute Gasteiger partial charge is 0.264 e. The van der Waals surface area contributed by atoms with Crippen molar-refractivity contribution in [1.29, 1.82) is 0 Å². The van der Waals surface area contributed by atoms with Gasteiger partial charge in [0.2, 0.25) is 5.91 Å². The van der Waals surface area contributed by atoms with Crippen molar-refractivity contribution < 1.29 is 9.59 Å². The topological polar surface area (TPSA) is 68.8 Å². The first-order chi connectivity index (χ1) is 12.5. The van der Waals surface area contributed by atoms with Gasteiger partial charge < -0.3 is 20.0 Å². The number of piperidine rings is 1. The molecule has 0 bridgehead atoms. The van der Waals surface area contributed by atoms with E-state index in [2.05, 4.69) is 10.3 Å². The van der Waals surface area contributed by atoms with Crippen molar-refractivity contribution in [2.75, 3.05) is 51.7 Å². The van der Waals surface area contributed by atoms with Gasteiger partial charge in [0, 0.05) is 46.3 Å². The molecule has 0 aliphatic carbocycles. The quantitative estimate of drug-likeness (QED) is 0.752. The molecule has 4 heterocycles. The standard InChI is InChI=1S/C17H23N5O2S2.2ClH/c1-20(2)17-19-15-12(26-17)8-13(25-15)16(24)21-6-3-4-11(10-21)22-7-5-18-9-14(22)23;;/h8,11,18H,3-7,9-10H2,1-2H3;2*1H. The fraction of sp³-hybridized carbons (Fsp3) is 0.588. The zero-order chi connectivity index (χ0) is 18.3. The first-order valence-corrected chi connectivity index (χ1v) is 10.5. The van der Waals surface area contributed by atoms with Crippen LogP contribution in [0.15, 0.2) is 6.07 Å². The minimum atomic E-state index is 0. The molecule has 28 heavy (non-hydrogen) atoms. The van der Waals surface area contributed by atoms with Gasteiger partial charge in [-0.1, -0.05) is 11.3 Å². The van der Waals surface area contributed by atoms with Crippen molar-refractivity contribution in [1.82, 2.24) is 20.1 Å². The number of fused-ring (bicyclic) bond motifs is 1. The van der Waals surface area contributed by atoms with Crippen molar-refractivity contribution in [2.45, 2.75) is 18.9 Å². The number of amides is 2. The van der Waals surface area contributed by atoms with E-state index < -0.39 is 0 Å². The Bertz CT molecular complexity index is 809. The Balaban J connectivity index is 0.00000140. The van der Waals surface area contributed by atoms with Gasteiger partial charge >= 0.3 is 0 Å². The van der Waals surface area contributed by atoms with Gasteiger partial charge in [0.25, 0.3) is 5.91 Å². The second kappa shape index (κ2) is 9.58. The van der Waals surface area contributed by atoms with Crippen molar-refractivity contribution in [3.63, 3.8) is 0 Å². The van der Waals surface area contributed by atoms with Gasteiger partial charge in [-0.05, 0) is 18.9 Å². The van der Waals surface area contributed by atoms with Gasteiger partial charge in [-0.15, -0.1) is 36.2 Å². The molecule has 2 amide bonds. The summed E-state index contributed by atoms with van der Waals surface area (Å²) in [5.41, 5.74) is 0. The lowest BCUT2D eigenvalue weighted by Crippen LogP contribution is -2.57. The van der Waals surface area contributed by atoms with E-state index in [4.69, 9.17) is 0 Å². The van der Waals surface area contributed by atoms with Gasteiger partial charge in [0.1, 0.15) is 4.83 Å². The van der Waals surface area contributed by atoms with E-state index in [1.807, 2.05) is 34.9 Å². The lowest BCUT2D eigenvalue weighted by molar-refractivity contribution is -0.135. The molecule has 2 aliphatic rings. The summed E-state index contributed by atoms with van der Waals surface area (Å²) in [6, 6.07) is 2.11. The van der Waals surface area contributed by atoms with Crippen LogP contribution in [0, 0.1) is 0 Å². The number of likely N-dealkylation sites (tertiary alicyclic amines) is 1. The van der Waals surface area contributed by atoms with Crippen LogP contribution in [0.2, 0.25) is 0 Å². The molecule has 1 unspecified atom stereocenters. The number of carbonyl (C=O) groups excluding carboxylic acids is 2. The Morgan fingerprint density at radius 1 is 1.29 bits per heavy atom. The van der Waals surface area contributed by atoms with Crippen molar-refractivity contribution in [3.8, 4) is 0 Å². The van der Waals surface area contributed by atoms with Crippen molar-refractivity contribution in [2.24, 2.45) is 0 Å². The number of thiazole rings is 1. The summed E-state index contributed by atoms with van der Waals surface area (Å²) in [6.45, 7) is 3.37. The number of nitrogens with one attached hydrogen (secondary N) is 1. The maximum Gasteiger partial charge on any atom is 0.264 e. The Morgan fingerprint density at radius 3 is 2.75 bits per heavy atom. The van der Waals surface area contributed by atoms with Crippen molar-refractivity contribution >= 4 is 74.0 Å². The fourth-order valence-electron chi connectivity index (χ4n) is 3.58. The normalized spacial score (nSPS) is 19.9. The molecule has 156 valence electrons. The van der Waals surface area contributed by atoms with Gasteiger partial charge in [-0.25, -0.2) is 4.98 Å². The highest BCUT2D eigenvalue weighted by Gasteiger charge is 2.32. The second-order valence-corrected chi connectivity index (χ2v) is 9.02. The van der Waals surface area contributed by atoms with Crippen molar-refractivity contribution in [3.05, 3.63) is 10.9 Å². The van der Waals surface area contributed by atoms with Crippen LogP contribution in [-0.2, 0) is 4.79 Å². The molecule has 2 aromatic rings. The van der Waals surface area contributed by atoms with Crippen LogP contribution < -0.4 is 10.2 Å². The highest BCUT2D eigenvalue weighted by atomic mass is 35.5. The molecule has 2 aliphatic heterocycles. The number of carbonyl (C=O) groups is 2. The van der Waals surface area contributed by atoms with Crippen LogP contribution in [-0.4, -0.2) is 79.5 Å². The van der Waals surface area contributed by atoms with E-state index >= 15 is 0 Å². The first-order valence-electron chi connectivity index (χ1n) is 8.90. The Kier molecular flexibility index (Phi) is 7.92. The predicted molar refractivity (Wildman–Crippen MR) is 120 cm³/mol. The average molecular weight is 466 g/mol. The number of thiophene rings is 1. The highest BCUT2D eigenvalue weighted by Crippen LogP contribution is 2.34. The zero-order valence-corrected chi connectivity index (χ0v) is 19.1. The molecule has 0 saturated carbocycles. The van der Waals surface area contributed by atoms with Crippen LogP contribution >= 0.6 is 47.5 Å². The highest BCUT2D eigenvalue weighted by molar-refractivity contribution is 7.29. The summed E-state index contributed by atoms with van der Waals surface area (Å²) < 4.78 is 1.06. The number of rotatable bonds is 3. The van der Waals surface area contributed by atoms with Crippen LogP contribution in [0.25, 0.3) is 9.53 Å². The molecule has 2 fully saturated rings. The molecule has 2 aromatic heterocycles. The zero-order valence-electron chi connectivity index (χ0n) is 15.8. The summed E-state index contributed by atoms with van der Waals surface area (Å²) in [5.74, 6) is 0.214. The molecule has 2 saturated heterocycles. The third-order valence-corrected chi connectivity index (χ3v) is 7.24. The minimum Gasteiger partial charge on any atom is -0.354 e. The SMILES string of the molecule is CN(C)c1nc2sc(C(=O)N3CCCC(N4CCNCC4=O)C3)cc2s1.Cl.Cl. The molecule has 11 heteroatoms. The largest absolute Gasteiger partial charge is 0.354 e. The molecule has 1 N–H and O–H groups in total. The van der Waals surface area contributed by atoms with Gasteiger partial charge in [-0.3, -0.25) is 9.59 Å². The van der Waals surface area contributed by atoms with Gasteiger partial charge in [-0.2, -0.15) is 0 Å². The van der Waals surface area contributed by atoms with E-state index in [1.54, 1.807) is 11.3 Å². The Hall–Kier alpha value is -1.13. The van der Waals surface area contributed by atoms with Gasteiger partial charge in [0.15, 0.2) is 5.13 Å². The molecule has 1 atom stereocenters. The number of hydrogen-bond donors (Lipinski definition) is 1. The molecule has 7 nitrogen and oxygen atoms in total. The number of nitrogens with zero attached hydrogens (tertiary/aromatic N) is 4. The number of halogens is 2. The monoisotopic (exact) mass is 465 g/mol. The summed E-state index contributed by atoms with van der Waals surface area (Å²) in [5, 5.41) is 4.07. The van der Waals surface area contributed by atoms with E-state index in [-0.39, 0.29) is 42.7 Å². The fourth-order valence-corrected chi connectivity index (χ4v) is 5.68. The molecular weight excluding hydrogens is 441 g/mol. The van der Waals surface area contributed by atoms with E-state index in [9.17, 15) is 9.59 Å². The van der Waals surface area contributed by atoms with Crippen LogP contribution in [0.4, 0.5) is 5.13 Å². The lowest BCUT2D eigenvalue weighted by atomic mass is 10.0. The number of aromatic nitrogens is 1. The number of anilines is 1. The third kappa shape index (κ3) is 4.54. The van der Waals surface area contributed by atoms with E-state index in [0.717, 1.165) is 52.0 Å². The summed E-state index contributed by atoms with van der Waals surface area (Å²) in [7, 11) is 3.94. The van der Waals surface area contributed by atoms with Crippen LogP contribution in [0.1, 0.15) is 22.5 Å². The minimum absolute atomic E-state index is 0. The average Bonchev–Trinajstić information content (AvgIpc) is 3.21. The summed E-state index contributed by atoms with van der Waals surface area (Å²) in [4.78, 5) is 37.3. The third-order valence-electron chi connectivity index (χ3n) is 4.92. The molecule has 4 rings (SSSR count). The molecular formula is C17H25Cl2N5O2S2. The second-order valence-electron chi connectivity index (χ2n) is 6.98. The number of piperazine rings is 1. The summed E-state index contributed by atoms with van der Waals surface area (Å²) in [6.07, 6.45) is 1.92. The Labute approximate surface area is 184 Å². The van der Waals surface area contributed by atoms with Crippen LogP contribution in [0.5, 0.6) is 0 Å². The maximum absolute atomic E-state index is 13.0. The Morgan fingerprint density at radius 2 is 2.07 bits per heavy atom. The van der Waals surface area contributed by atoms with Gasteiger partial charge in [0.05, 0.1) is 16.1 Å². The molecule has 0 aromatic carbocycles. The summed E-state index contributed by atoms with van der Waals surface area (Å²) >= 11 is 3.07. The first kappa shape index (κ1) is 23.2. The van der Waals surface area contributed by atoms with E-state index in [0.29, 0.717) is 13.1 Å². The van der Waals surface area contributed by atoms with Crippen LogP contribution in [0.3, 0.4) is 0 Å². The number of hydrogen-bond acceptors (Lipinski definition) is 7. The van der Waals surface area contributed by atoms with E-state index in [1.165, 1.54) is 11.3 Å². The maximum atomic E-state index is 13.0. The molecule has 0 radical (unpaired) electrons. The predicted octanol–water partition coefficient (Wildman–Crippen LogP) is 2.30.